The summed E-state index contributed by atoms with van der Waals surface area (Å²) in [4.78, 5) is 12.1. The lowest BCUT2D eigenvalue weighted by Gasteiger charge is -2.11. The Morgan fingerprint density at radius 2 is 2.09 bits per heavy atom. The molecule has 0 aliphatic carbocycles. The van der Waals surface area contributed by atoms with Gasteiger partial charge in [0.05, 0.1) is 11.5 Å². The Labute approximate surface area is 141 Å². The van der Waals surface area contributed by atoms with Gasteiger partial charge in [-0.1, -0.05) is 6.92 Å². The van der Waals surface area contributed by atoms with E-state index in [1.165, 1.54) is 24.3 Å². The van der Waals surface area contributed by atoms with Gasteiger partial charge in [-0.3, -0.25) is 4.79 Å². The third kappa shape index (κ3) is 5.49. The van der Waals surface area contributed by atoms with Gasteiger partial charge in [-0.2, -0.15) is 11.8 Å². The first-order valence-electron chi connectivity index (χ1n) is 7.59. The molecule has 128 valence electrons. The molecule has 0 unspecified atom stereocenters. The van der Waals surface area contributed by atoms with Crippen molar-refractivity contribution in [3.05, 3.63) is 29.8 Å². The average molecular weight is 358 g/mol. The topological polar surface area (TPSA) is 84.5 Å². The van der Waals surface area contributed by atoms with Crippen LogP contribution in [0.2, 0.25) is 0 Å². The van der Waals surface area contributed by atoms with Crippen LogP contribution in [0.25, 0.3) is 0 Å². The zero-order chi connectivity index (χ0) is 16.7. The molecular weight excluding hydrogens is 336 g/mol. The van der Waals surface area contributed by atoms with Gasteiger partial charge in [0.1, 0.15) is 0 Å². The second kappa shape index (κ2) is 8.68. The number of sulfonamides is 1. The number of carbonyl (C=O) groups is 1. The molecule has 0 saturated carbocycles. The molecule has 1 heterocycles. The monoisotopic (exact) mass is 358 g/mol. The summed E-state index contributed by atoms with van der Waals surface area (Å²) in [6.45, 7) is 3.64. The molecule has 1 saturated heterocycles. The van der Waals surface area contributed by atoms with Crippen LogP contribution >= 0.6 is 11.8 Å². The van der Waals surface area contributed by atoms with Crippen LogP contribution in [0, 0.1) is 0 Å². The highest BCUT2D eigenvalue weighted by atomic mass is 32.2. The molecule has 0 bridgehead atoms. The second-order valence-corrected chi connectivity index (χ2v) is 8.27. The minimum atomic E-state index is -3.58. The van der Waals surface area contributed by atoms with E-state index in [0.29, 0.717) is 31.7 Å². The molecule has 0 aromatic heterocycles. The zero-order valence-electron chi connectivity index (χ0n) is 13.1. The molecule has 8 heteroatoms. The van der Waals surface area contributed by atoms with Crippen molar-refractivity contribution >= 4 is 27.7 Å². The van der Waals surface area contributed by atoms with Crippen LogP contribution in [0.4, 0.5) is 0 Å². The molecular formula is C15H22N2O4S2. The molecule has 0 radical (unpaired) electrons. The standard InChI is InChI=1S/C15H22N2O4S2/c1-2-22-10-8-16-15(18)12-3-5-14(6-4-12)23(19,20)17-13-7-9-21-11-13/h3-6,13,17H,2,7-11H2,1H3,(H,16,18)/t13-/m0/s1. The summed E-state index contributed by atoms with van der Waals surface area (Å²) in [6, 6.07) is 5.78. The van der Waals surface area contributed by atoms with Crippen molar-refractivity contribution in [2.24, 2.45) is 0 Å². The second-order valence-electron chi connectivity index (χ2n) is 5.16. The number of carbonyl (C=O) groups excluding carboxylic acids is 1. The predicted octanol–water partition coefficient (Wildman–Crippen LogP) is 1.24. The van der Waals surface area contributed by atoms with Gasteiger partial charge in [0.25, 0.3) is 5.91 Å². The van der Waals surface area contributed by atoms with Gasteiger partial charge >= 0.3 is 0 Å². The van der Waals surface area contributed by atoms with Gasteiger partial charge in [-0.25, -0.2) is 13.1 Å². The summed E-state index contributed by atoms with van der Waals surface area (Å²) >= 11 is 1.75. The Balaban J connectivity index is 1.94. The van der Waals surface area contributed by atoms with Gasteiger partial charge in [0.2, 0.25) is 10.0 Å². The first-order valence-corrected chi connectivity index (χ1v) is 10.2. The number of hydrogen-bond acceptors (Lipinski definition) is 5. The molecule has 1 aromatic rings. The molecule has 1 fully saturated rings. The van der Waals surface area contributed by atoms with E-state index < -0.39 is 10.0 Å². The van der Waals surface area contributed by atoms with Crippen molar-refractivity contribution in [2.75, 3.05) is 31.3 Å². The van der Waals surface area contributed by atoms with E-state index in [2.05, 4.69) is 17.0 Å². The molecule has 2 N–H and O–H groups in total. The Morgan fingerprint density at radius 1 is 1.35 bits per heavy atom. The third-order valence-electron chi connectivity index (χ3n) is 3.41. The Morgan fingerprint density at radius 3 is 2.70 bits per heavy atom. The lowest BCUT2D eigenvalue weighted by molar-refractivity contribution is 0.0956. The Bertz CT molecular complexity index is 611. The number of nitrogens with one attached hydrogen (secondary N) is 2. The van der Waals surface area contributed by atoms with Crippen LogP contribution < -0.4 is 10.0 Å². The van der Waals surface area contributed by atoms with Crippen LogP contribution in [0.5, 0.6) is 0 Å². The first-order chi connectivity index (χ1) is 11.0. The number of thioether (sulfide) groups is 1. The van der Waals surface area contributed by atoms with E-state index in [-0.39, 0.29) is 16.8 Å². The lowest BCUT2D eigenvalue weighted by Crippen LogP contribution is -2.35. The highest BCUT2D eigenvalue weighted by Gasteiger charge is 2.23. The largest absolute Gasteiger partial charge is 0.380 e. The summed E-state index contributed by atoms with van der Waals surface area (Å²) in [5, 5.41) is 2.81. The average Bonchev–Trinajstić information content (AvgIpc) is 3.04. The van der Waals surface area contributed by atoms with Crippen molar-refractivity contribution in [3.63, 3.8) is 0 Å². The molecule has 0 spiro atoms. The minimum Gasteiger partial charge on any atom is -0.380 e. The maximum atomic E-state index is 12.2. The number of amides is 1. The lowest BCUT2D eigenvalue weighted by atomic mass is 10.2. The van der Waals surface area contributed by atoms with Crippen molar-refractivity contribution < 1.29 is 17.9 Å². The summed E-state index contributed by atoms with van der Waals surface area (Å²) < 4.78 is 32.3. The summed E-state index contributed by atoms with van der Waals surface area (Å²) in [5.41, 5.74) is 0.453. The van der Waals surface area contributed by atoms with Gasteiger partial charge in [0.15, 0.2) is 0 Å². The van der Waals surface area contributed by atoms with Crippen molar-refractivity contribution in [1.29, 1.82) is 0 Å². The number of rotatable bonds is 8. The molecule has 23 heavy (non-hydrogen) atoms. The van der Waals surface area contributed by atoms with E-state index >= 15 is 0 Å². The summed E-state index contributed by atoms with van der Waals surface area (Å²) in [5.74, 6) is 1.69. The maximum Gasteiger partial charge on any atom is 0.251 e. The van der Waals surface area contributed by atoms with Crippen molar-refractivity contribution in [3.8, 4) is 0 Å². The number of hydrogen-bond donors (Lipinski definition) is 2. The normalized spacial score (nSPS) is 18.0. The quantitative estimate of drug-likeness (QED) is 0.683. The SMILES string of the molecule is CCSCCNC(=O)c1ccc(S(=O)(=O)N[C@H]2CCOC2)cc1. The zero-order valence-corrected chi connectivity index (χ0v) is 14.7. The van der Waals surface area contributed by atoms with Gasteiger partial charge < -0.3 is 10.1 Å². The van der Waals surface area contributed by atoms with E-state index in [1.54, 1.807) is 11.8 Å². The fourth-order valence-corrected chi connectivity index (χ4v) is 3.97. The van der Waals surface area contributed by atoms with Crippen LogP contribution in [0.15, 0.2) is 29.2 Å². The Hall–Kier alpha value is -1.09. The van der Waals surface area contributed by atoms with Crippen LogP contribution in [0.1, 0.15) is 23.7 Å². The number of ether oxygens (including phenoxy) is 1. The molecule has 1 atom stereocenters. The summed E-state index contributed by atoms with van der Waals surface area (Å²) in [7, 11) is -3.58. The van der Waals surface area contributed by atoms with Crippen LogP contribution in [0.3, 0.4) is 0 Å². The van der Waals surface area contributed by atoms with E-state index in [1.807, 2.05) is 0 Å². The fraction of sp³-hybridized carbons (Fsp3) is 0.533. The fourth-order valence-electron chi connectivity index (χ4n) is 2.18. The van der Waals surface area contributed by atoms with E-state index in [4.69, 9.17) is 4.74 Å². The number of benzene rings is 1. The van der Waals surface area contributed by atoms with Crippen LogP contribution in [-0.2, 0) is 14.8 Å². The van der Waals surface area contributed by atoms with Gasteiger partial charge in [-0.15, -0.1) is 0 Å². The van der Waals surface area contributed by atoms with Gasteiger partial charge in [0, 0.05) is 30.5 Å². The van der Waals surface area contributed by atoms with Gasteiger partial charge in [-0.05, 0) is 36.4 Å². The highest BCUT2D eigenvalue weighted by molar-refractivity contribution is 7.99. The molecule has 1 aromatic carbocycles. The summed E-state index contributed by atoms with van der Waals surface area (Å²) in [6.07, 6.45) is 0.676. The molecule has 1 aliphatic rings. The van der Waals surface area contributed by atoms with Crippen molar-refractivity contribution in [2.45, 2.75) is 24.3 Å². The minimum absolute atomic E-state index is 0.155. The third-order valence-corrected chi connectivity index (χ3v) is 5.85. The molecule has 6 nitrogen and oxygen atoms in total. The highest BCUT2D eigenvalue weighted by Crippen LogP contribution is 2.13. The molecule has 2 rings (SSSR count). The van der Waals surface area contributed by atoms with E-state index in [0.717, 1.165) is 11.5 Å². The molecule has 1 amide bonds. The smallest absolute Gasteiger partial charge is 0.251 e. The predicted molar refractivity (Wildman–Crippen MR) is 91.3 cm³/mol. The molecule has 1 aliphatic heterocycles. The maximum absolute atomic E-state index is 12.2. The first kappa shape index (κ1) is 18.3. The Kier molecular flexibility index (Phi) is 6.88. The van der Waals surface area contributed by atoms with Crippen LogP contribution in [-0.4, -0.2) is 51.6 Å². The van der Waals surface area contributed by atoms with E-state index in [9.17, 15) is 13.2 Å². The van der Waals surface area contributed by atoms with Crippen molar-refractivity contribution in [1.82, 2.24) is 10.0 Å².